The van der Waals surface area contributed by atoms with E-state index in [1.807, 2.05) is 13.8 Å². The van der Waals surface area contributed by atoms with Crippen LogP contribution in [0.3, 0.4) is 0 Å². The number of hydrogen-bond acceptors (Lipinski definition) is 4. The highest BCUT2D eigenvalue weighted by atomic mass is 16.6. The zero-order chi connectivity index (χ0) is 25.1. The summed E-state index contributed by atoms with van der Waals surface area (Å²) in [5.74, 6) is 3.45. The number of hydrogen-bond donors (Lipinski definition) is 0. The van der Waals surface area contributed by atoms with E-state index in [1.54, 1.807) is 6.08 Å². The number of fused-ring (bicyclic) bond motifs is 5. The third kappa shape index (κ3) is 4.22. The molecule has 34 heavy (non-hydrogen) atoms. The zero-order valence-corrected chi connectivity index (χ0v) is 22.5. The molecule has 3 saturated carbocycles. The number of ether oxygens (including phenoxy) is 1. The smallest absolute Gasteiger partial charge is 0.303 e. The van der Waals surface area contributed by atoms with E-state index < -0.39 is 5.60 Å². The van der Waals surface area contributed by atoms with Gasteiger partial charge in [0, 0.05) is 25.3 Å². The summed E-state index contributed by atoms with van der Waals surface area (Å²) in [6, 6.07) is 0. The molecule has 4 aliphatic rings. The van der Waals surface area contributed by atoms with Crippen molar-refractivity contribution < 1.29 is 19.1 Å². The van der Waals surface area contributed by atoms with E-state index >= 15 is 0 Å². The van der Waals surface area contributed by atoms with Crippen LogP contribution < -0.4 is 0 Å². The van der Waals surface area contributed by atoms with Crippen LogP contribution in [0, 0.1) is 46.3 Å². The molecule has 4 aliphatic carbocycles. The van der Waals surface area contributed by atoms with Crippen LogP contribution in [0.25, 0.3) is 0 Å². The molecule has 0 bridgehead atoms. The molecule has 190 valence electrons. The Morgan fingerprint density at radius 2 is 1.79 bits per heavy atom. The van der Waals surface area contributed by atoms with E-state index in [4.69, 9.17) is 4.74 Å². The first kappa shape index (κ1) is 25.6. The topological polar surface area (TPSA) is 60.4 Å². The van der Waals surface area contributed by atoms with Crippen molar-refractivity contribution in [3.8, 4) is 0 Å². The molecule has 0 aromatic heterocycles. The van der Waals surface area contributed by atoms with Gasteiger partial charge in [-0.1, -0.05) is 34.1 Å². The summed E-state index contributed by atoms with van der Waals surface area (Å²) in [4.78, 5) is 36.8. The Hall–Kier alpha value is -1.45. The third-order valence-electron chi connectivity index (χ3n) is 11.2. The van der Waals surface area contributed by atoms with Crippen molar-refractivity contribution in [3.05, 3.63) is 11.6 Å². The van der Waals surface area contributed by atoms with E-state index in [-0.39, 0.29) is 23.0 Å². The van der Waals surface area contributed by atoms with Crippen LogP contribution in [0.2, 0.25) is 0 Å². The molecule has 8 atom stereocenters. The maximum Gasteiger partial charge on any atom is 0.303 e. The second-order valence-corrected chi connectivity index (χ2v) is 13.3. The predicted octanol–water partition coefficient (Wildman–Crippen LogP) is 6.71. The molecule has 0 aromatic carbocycles. The SMILES string of the molecule is CC(=O)OC(C)(C)[C@@H](C)CC[C@@H](C)[C@H]1CC[C@H]2[C@@H]3CC(=O)C4=CC(=O)CC[C@]4(C)[C@H]3CC[C@]12C. The van der Waals surface area contributed by atoms with Crippen molar-refractivity contribution >= 4 is 17.5 Å². The first-order valence-electron chi connectivity index (χ1n) is 13.8. The van der Waals surface area contributed by atoms with Gasteiger partial charge in [0.2, 0.25) is 0 Å². The van der Waals surface area contributed by atoms with Gasteiger partial charge in [-0.3, -0.25) is 14.4 Å². The van der Waals surface area contributed by atoms with E-state index in [9.17, 15) is 14.4 Å². The van der Waals surface area contributed by atoms with Crippen LogP contribution in [-0.2, 0) is 19.1 Å². The molecule has 0 aromatic rings. The molecule has 0 heterocycles. The quantitative estimate of drug-likeness (QED) is 0.405. The van der Waals surface area contributed by atoms with Crippen LogP contribution in [0.1, 0.15) is 106 Å². The largest absolute Gasteiger partial charge is 0.460 e. The fourth-order valence-electron chi connectivity index (χ4n) is 8.89. The first-order chi connectivity index (χ1) is 15.8. The summed E-state index contributed by atoms with van der Waals surface area (Å²) >= 11 is 0. The molecule has 0 amide bonds. The molecule has 4 heteroatoms. The number of ketones is 2. The van der Waals surface area contributed by atoms with Crippen molar-refractivity contribution in [1.82, 2.24) is 0 Å². The summed E-state index contributed by atoms with van der Waals surface area (Å²) in [7, 11) is 0. The molecule has 0 spiro atoms. The van der Waals surface area contributed by atoms with Gasteiger partial charge < -0.3 is 4.74 Å². The van der Waals surface area contributed by atoms with Gasteiger partial charge in [-0.05, 0) is 105 Å². The number of carbonyl (C=O) groups excluding carboxylic acids is 3. The van der Waals surface area contributed by atoms with Crippen LogP contribution in [0.4, 0.5) is 0 Å². The van der Waals surface area contributed by atoms with E-state index in [0.717, 1.165) is 24.8 Å². The molecular weight excluding hydrogens is 424 g/mol. The van der Waals surface area contributed by atoms with Crippen molar-refractivity contribution in [3.63, 3.8) is 0 Å². The Morgan fingerprint density at radius 1 is 1.09 bits per heavy atom. The number of Topliss-reactive ketones (excluding diaryl/α,β-unsaturated/α-hetero) is 1. The molecule has 4 rings (SSSR count). The van der Waals surface area contributed by atoms with Gasteiger partial charge in [0.25, 0.3) is 0 Å². The third-order valence-corrected chi connectivity index (χ3v) is 11.2. The number of esters is 1. The fraction of sp³-hybridized carbons (Fsp3) is 0.833. The Labute approximate surface area is 206 Å². The number of carbonyl (C=O) groups is 3. The summed E-state index contributed by atoms with van der Waals surface area (Å²) in [6.07, 6.45) is 10.9. The second-order valence-electron chi connectivity index (χ2n) is 13.3. The van der Waals surface area contributed by atoms with Gasteiger partial charge in [0.15, 0.2) is 11.6 Å². The Balaban J connectivity index is 1.46. The van der Waals surface area contributed by atoms with E-state index in [0.29, 0.717) is 53.8 Å². The van der Waals surface area contributed by atoms with Gasteiger partial charge in [0.1, 0.15) is 5.60 Å². The lowest BCUT2D eigenvalue weighted by atomic mass is 9.46. The maximum absolute atomic E-state index is 13.2. The molecule has 0 unspecified atom stereocenters. The standard InChI is InChI=1S/C30H46O4/c1-18(8-9-19(2)28(4,5)34-20(3)31)23-10-11-24-22-17-27(33)26-16-21(32)12-14-30(26,7)25(22)13-15-29(23,24)6/h16,18-19,22-25H,8-15,17H2,1-7H3/t18-,19+,22+,23-,24+,25+,29-,30-/m1/s1. The number of rotatable bonds is 6. The maximum atomic E-state index is 13.2. The van der Waals surface area contributed by atoms with Crippen molar-refractivity contribution in [1.29, 1.82) is 0 Å². The monoisotopic (exact) mass is 470 g/mol. The lowest BCUT2D eigenvalue weighted by Gasteiger charge is -2.58. The second kappa shape index (κ2) is 8.89. The van der Waals surface area contributed by atoms with Gasteiger partial charge in [-0.15, -0.1) is 0 Å². The molecule has 4 nitrogen and oxygen atoms in total. The molecular formula is C30H46O4. The van der Waals surface area contributed by atoms with Crippen molar-refractivity contribution in [2.75, 3.05) is 0 Å². The lowest BCUT2D eigenvalue weighted by molar-refractivity contribution is -0.158. The average Bonchev–Trinajstić information content (AvgIpc) is 3.09. The zero-order valence-electron chi connectivity index (χ0n) is 22.5. The van der Waals surface area contributed by atoms with Gasteiger partial charge in [-0.25, -0.2) is 0 Å². The Morgan fingerprint density at radius 3 is 2.47 bits per heavy atom. The van der Waals surface area contributed by atoms with Crippen molar-refractivity contribution in [2.45, 2.75) is 112 Å². The normalized spacial score (nSPS) is 39.4. The van der Waals surface area contributed by atoms with Crippen LogP contribution in [0.15, 0.2) is 11.6 Å². The van der Waals surface area contributed by atoms with Crippen LogP contribution >= 0.6 is 0 Å². The molecule has 0 N–H and O–H groups in total. The highest BCUT2D eigenvalue weighted by molar-refractivity contribution is 6.05. The average molecular weight is 471 g/mol. The summed E-state index contributed by atoms with van der Waals surface area (Å²) in [6.45, 7) is 15.0. The Bertz CT molecular complexity index is 884. The van der Waals surface area contributed by atoms with Crippen LogP contribution in [-0.4, -0.2) is 23.1 Å². The molecule has 3 fully saturated rings. The molecule has 0 radical (unpaired) electrons. The number of allylic oxidation sites excluding steroid dienone is 1. The van der Waals surface area contributed by atoms with Gasteiger partial charge in [0.05, 0.1) is 0 Å². The van der Waals surface area contributed by atoms with Gasteiger partial charge in [-0.2, -0.15) is 0 Å². The molecule has 0 saturated heterocycles. The minimum absolute atomic E-state index is 0.101. The lowest BCUT2D eigenvalue weighted by Crippen LogP contribution is -2.53. The predicted molar refractivity (Wildman–Crippen MR) is 134 cm³/mol. The minimum Gasteiger partial charge on any atom is -0.460 e. The summed E-state index contributed by atoms with van der Waals surface area (Å²) in [5, 5.41) is 0. The summed E-state index contributed by atoms with van der Waals surface area (Å²) < 4.78 is 5.60. The Kier molecular flexibility index (Phi) is 6.70. The van der Waals surface area contributed by atoms with E-state index in [1.165, 1.54) is 32.6 Å². The van der Waals surface area contributed by atoms with Crippen LogP contribution in [0.5, 0.6) is 0 Å². The highest BCUT2D eigenvalue weighted by Gasteiger charge is 2.61. The fourth-order valence-corrected chi connectivity index (χ4v) is 8.89. The van der Waals surface area contributed by atoms with Crippen molar-refractivity contribution in [2.24, 2.45) is 46.3 Å². The first-order valence-corrected chi connectivity index (χ1v) is 13.8. The summed E-state index contributed by atoms with van der Waals surface area (Å²) in [5.41, 5.74) is 0.616. The van der Waals surface area contributed by atoms with Gasteiger partial charge >= 0.3 is 5.97 Å². The minimum atomic E-state index is -0.434. The highest BCUT2D eigenvalue weighted by Crippen LogP contribution is 2.67. The molecule has 0 aliphatic heterocycles. The van der Waals surface area contributed by atoms with E-state index in [2.05, 4.69) is 27.7 Å².